The Labute approximate surface area is 104 Å². The lowest BCUT2D eigenvalue weighted by atomic mass is 10.2. The summed E-state index contributed by atoms with van der Waals surface area (Å²) in [6.07, 6.45) is 0. The first kappa shape index (κ1) is 12.1. The highest BCUT2D eigenvalue weighted by atomic mass is 16.5. The summed E-state index contributed by atoms with van der Waals surface area (Å²) in [6.45, 7) is 1.96. The van der Waals surface area contributed by atoms with Crippen molar-refractivity contribution in [3.05, 3.63) is 47.3 Å². The monoisotopic (exact) mass is 246 g/mol. The highest BCUT2D eigenvalue weighted by Crippen LogP contribution is 2.14. The molecule has 0 aliphatic heterocycles. The normalized spacial score (nSPS) is 10.1. The number of nitrogens with zero attached hydrogens (tertiary/aromatic N) is 1. The number of nitrogen functional groups attached to an aromatic ring is 1. The Hall–Kier alpha value is -2.34. The van der Waals surface area contributed by atoms with Crippen molar-refractivity contribution >= 4 is 5.91 Å². The van der Waals surface area contributed by atoms with Crippen LogP contribution in [-0.2, 0) is 6.61 Å². The summed E-state index contributed by atoms with van der Waals surface area (Å²) in [4.78, 5) is 11.6. The first-order valence-corrected chi connectivity index (χ1v) is 5.45. The fourth-order valence-corrected chi connectivity index (χ4v) is 1.63. The molecule has 0 aliphatic rings. The van der Waals surface area contributed by atoms with Crippen LogP contribution in [-0.4, -0.2) is 16.1 Å². The van der Waals surface area contributed by atoms with Crippen LogP contribution >= 0.6 is 0 Å². The standard InChI is InChI=1S/C12H14N4O2/c1-8-11(12(17)14-13)10(16-15-8)7-18-9-5-3-2-4-6-9/h2-6H,7,13H2,1H3,(H,14,17)(H,15,16). The Morgan fingerprint density at radius 1 is 1.44 bits per heavy atom. The molecule has 0 radical (unpaired) electrons. The van der Waals surface area contributed by atoms with Crippen LogP contribution < -0.4 is 16.0 Å². The van der Waals surface area contributed by atoms with Gasteiger partial charge in [0.05, 0.1) is 5.56 Å². The van der Waals surface area contributed by atoms with Gasteiger partial charge in [-0.2, -0.15) is 5.10 Å². The number of nitrogens with one attached hydrogen (secondary N) is 2. The molecule has 1 heterocycles. The van der Waals surface area contributed by atoms with E-state index in [-0.39, 0.29) is 12.5 Å². The van der Waals surface area contributed by atoms with Gasteiger partial charge in [0.25, 0.3) is 5.91 Å². The number of aromatic amines is 1. The molecule has 1 aromatic carbocycles. The topological polar surface area (TPSA) is 93.0 Å². The van der Waals surface area contributed by atoms with Crippen molar-refractivity contribution in [2.45, 2.75) is 13.5 Å². The molecule has 2 aromatic rings. The number of nitrogens with two attached hydrogens (primary N) is 1. The van der Waals surface area contributed by atoms with E-state index in [4.69, 9.17) is 10.6 Å². The van der Waals surface area contributed by atoms with E-state index in [0.29, 0.717) is 17.0 Å². The van der Waals surface area contributed by atoms with Gasteiger partial charge in [-0.1, -0.05) is 18.2 Å². The maximum Gasteiger partial charge on any atom is 0.269 e. The van der Waals surface area contributed by atoms with Crippen LogP contribution in [0.5, 0.6) is 5.75 Å². The number of carbonyl (C=O) groups is 1. The number of rotatable bonds is 4. The number of benzene rings is 1. The molecule has 94 valence electrons. The zero-order valence-corrected chi connectivity index (χ0v) is 9.93. The van der Waals surface area contributed by atoms with E-state index in [1.807, 2.05) is 30.3 Å². The lowest BCUT2D eigenvalue weighted by Crippen LogP contribution is -2.31. The molecule has 6 nitrogen and oxygen atoms in total. The van der Waals surface area contributed by atoms with Gasteiger partial charge in [0.15, 0.2) is 0 Å². The van der Waals surface area contributed by atoms with E-state index in [1.54, 1.807) is 6.92 Å². The van der Waals surface area contributed by atoms with Crippen molar-refractivity contribution in [1.82, 2.24) is 15.6 Å². The molecule has 6 heteroatoms. The molecule has 0 bridgehead atoms. The van der Waals surface area contributed by atoms with E-state index >= 15 is 0 Å². The second-order valence-corrected chi connectivity index (χ2v) is 3.75. The highest BCUT2D eigenvalue weighted by molar-refractivity contribution is 5.95. The molecule has 0 unspecified atom stereocenters. The van der Waals surface area contributed by atoms with E-state index in [9.17, 15) is 4.79 Å². The minimum absolute atomic E-state index is 0.205. The third-order valence-corrected chi connectivity index (χ3v) is 2.50. The maximum atomic E-state index is 11.6. The van der Waals surface area contributed by atoms with Gasteiger partial charge in [0, 0.05) is 5.69 Å². The Balaban J connectivity index is 2.13. The van der Waals surface area contributed by atoms with Gasteiger partial charge in [-0.15, -0.1) is 0 Å². The van der Waals surface area contributed by atoms with Crippen LogP contribution in [0.3, 0.4) is 0 Å². The molecule has 0 spiro atoms. The number of H-pyrrole nitrogens is 1. The lowest BCUT2D eigenvalue weighted by Gasteiger charge is -2.05. The number of ether oxygens (including phenoxy) is 1. The van der Waals surface area contributed by atoms with Crippen molar-refractivity contribution in [1.29, 1.82) is 0 Å². The third-order valence-electron chi connectivity index (χ3n) is 2.50. The average Bonchev–Trinajstić information content (AvgIpc) is 2.78. The minimum atomic E-state index is -0.382. The molecule has 1 aromatic heterocycles. The van der Waals surface area contributed by atoms with Crippen molar-refractivity contribution in [3.63, 3.8) is 0 Å². The SMILES string of the molecule is Cc1[nH]nc(COc2ccccc2)c1C(=O)NN. The number of hydrogen-bond acceptors (Lipinski definition) is 4. The van der Waals surface area contributed by atoms with Gasteiger partial charge in [-0.05, 0) is 19.1 Å². The fraction of sp³-hybridized carbons (Fsp3) is 0.167. The summed E-state index contributed by atoms with van der Waals surface area (Å²) in [6, 6.07) is 9.32. The van der Waals surface area contributed by atoms with E-state index in [0.717, 1.165) is 5.75 Å². The summed E-state index contributed by atoms with van der Waals surface area (Å²) in [5.41, 5.74) is 3.70. The third kappa shape index (κ3) is 2.49. The van der Waals surface area contributed by atoms with E-state index in [1.165, 1.54) is 0 Å². The zero-order valence-electron chi connectivity index (χ0n) is 9.93. The van der Waals surface area contributed by atoms with E-state index in [2.05, 4.69) is 15.6 Å². The first-order chi connectivity index (χ1) is 8.72. The molecule has 0 saturated carbocycles. The Morgan fingerprint density at radius 2 is 2.17 bits per heavy atom. The number of para-hydroxylation sites is 1. The minimum Gasteiger partial charge on any atom is -0.487 e. The molecular formula is C12H14N4O2. The Bertz CT molecular complexity index is 536. The molecule has 0 aliphatic carbocycles. The van der Waals surface area contributed by atoms with Crippen molar-refractivity contribution in [3.8, 4) is 5.75 Å². The lowest BCUT2D eigenvalue weighted by molar-refractivity contribution is 0.0950. The quantitative estimate of drug-likeness (QED) is 0.424. The van der Waals surface area contributed by atoms with Crippen LogP contribution in [0.1, 0.15) is 21.7 Å². The van der Waals surface area contributed by atoms with Crippen LogP contribution in [0.4, 0.5) is 0 Å². The summed E-state index contributed by atoms with van der Waals surface area (Å²) >= 11 is 0. The Kier molecular flexibility index (Phi) is 3.59. The summed E-state index contributed by atoms with van der Waals surface area (Å²) in [5.74, 6) is 5.46. The smallest absolute Gasteiger partial charge is 0.269 e. The van der Waals surface area contributed by atoms with Crippen LogP contribution in [0.15, 0.2) is 30.3 Å². The predicted octanol–water partition coefficient (Wildman–Crippen LogP) is 0.901. The van der Waals surface area contributed by atoms with Gasteiger partial charge in [-0.25, -0.2) is 5.84 Å². The van der Waals surface area contributed by atoms with Crippen molar-refractivity contribution in [2.75, 3.05) is 0 Å². The second-order valence-electron chi connectivity index (χ2n) is 3.75. The first-order valence-electron chi connectivity index (χ1n) is 5.45. The summed E-state index contributed by atoms with van der Waals surface area (Å²) < 4.78 is 5.54. The molecule has 18 heavy (non-hydrogen) atoms. The van der Waals surface area contributed by atoms with Gasteiger partial charge >= 0.3 is 0 Å². The average molecular weight is 246 g/mol. The largest absolute Gasteiger partial charge is 0.487 e. The van der Waals surface area contributed by atoms with Crippen molar-refractivity contribution < 1.29 is 9.53 Å². The molecule has 0 fully saturated rings. The molecule has 1 amide bonds. The van der Waals surface area contributed by atoms with E-state index < -0.39 is 0 Å². The number of aryl methyl sites for hydroxylation is 1. The van der Waals surface area contributed by atoms with Gasteiger partial charge in [0.1, 0.15) is 18.1 Å². The number of hydrazine groups is 1. The number of hydrogen-bond donors (Lipinski definition) is 3. The van der Waals surface area contributed by atoms with Gasteiger partial charge < -0.3 is 4.74 Å². The number of aromatic nitrogens is 2. The summed E-state index contributed by atoms with van der Waals surface area (Å²) in [5, 5.41) is 6.78. The molecule has 0 atom stereocenters. The van der Waals surface area contributed by atoms with Gasteiger partial charge in [-0.3, -0.25) is 15.3 Å². The number of carbonyl (C=O) groups excluding carboxylic acids is 1. The molecule has 4 N–H and O–H groups in total. The van der Waals surface area contributed by atoms with Crippen LogP contribution in [0, 0.1) is 6.92 Å². The van der Waals surface area contributed by atoms with Crippen LogP contribution in [0.25, 0.3) is 0 Å². The molecule has 2 rings (SSSR count). The van der Waals surface area contributed by atoms with Gasteiger partial charge in [0.2, 0.25) is 0 Å². The maximum absolute atomic E-state index is 11.6. The van der Waals surface area contributed by atoms with Crippen LogP contribution in [0.2, 0.25) is 0 Å². The second kappa shape index (κ2) is 5.33. The van der Waals surface area contributed by atoms with Crippen molar-refractivity contribution in [2.24, 2.45) is 5.84 Å². The highest BCUT2D eigenvalue weighted by Gasteiger charge is 2.17. The number of amides is 1. The zero-order chi connectivity index (χ0) is 13.0. The fourth-order valence-electron chi connectivity index (χ4n) is 1.63. The predicted molar refractivity (Wildman–Crippen MR) is 65.8 cm³/mol. The Morgan fingerprint density at radius 3 is 2.83 bits per heavy atom. The summed E-state index contributed by atoms with van der Waals surface area (Å²) in [7, 11) is 0. The molecule has 0 saturated heterocycles. The molecular weight excluding hydrogens is 232 g/mol.